The maximum atomic E-state index is 8.49. The lowest BCUT2D eigenvalue weighted by Gasteiger charge is -2.17. The number of halogens is 2. The van der Waals surface area contributed by atoms with Crippen molar-refractivity contribution in [3.63, 3.8) is 0 Å². The third-order valence-electron chi connectivity index (χ3n) is 4.14. The van der Waals surface area contributed by atoms with Gasteiger partial charge in [0.05, 0.1) is 29.8 Å². The van der Waals surface area contributed by atoms with E-state index in [0.29, 0.717) is 17.3 Å². The monoisotopic (exact) mass is 465 g/mol. The zero-order valence-corrected chi connectivity index (χ0v) is 17.7. The first-order valence-corrected chi connectivity index (χ1v) is 10.4. The first-order valence-electron chi connectivity index (χ1n) is 8.82. The van der Waals surface area contributed by atoms with Gasteiger partial charge in [-0.25, -0.2) is 23.6 Å². The van der Waals surface area contributed by atoms with Crippen LogP contribution in [0.2, 0.25) is 5.02 Å². The van der Waals surface area contributed by atoms with Crippen LogP contribution in [0.15, 0.2) is 75.8 Å². The molecule has 2 aromatic heterocycles. The molecule has 2 heterocycles. The molecule has 2 aromatic carbocycles. The van der Waals surface area contributed by atoms with E-state index in [9.17, 15) is 0 Å². The second-order valence-corrected chi connectivity index (χ2v) is 7.34. The molecule has 0 saturated carbocycles. The molecule has 0 bridgehead atoms. The van der Waals surface area contributed by atoms with Gasteiger partial charge in [-0.1, -0.05) is 23.7 Å². The van der Waals surface area contributed by atoms with Crippen molar-refractivity contribution < 1.29 is 47.4 Å². The van der Waals surface area contributed by atoms with E-state index in [2.05, 4.69) is 4.99 Å². The van der Waals surface area contributed by atoms with Gasteiger partial charge in [-0.3, -0.25) is 0 Å². The minimum absolute atomic E-state index is 0.561. The van der Waals surface area contributed by atoms with Crippen LogP contribution in [-0.2, 0) is 6.54 Å². The summed E-state index contributed by atoms with van der Waals surface area (Å²) in [6.07, 6.45) is 1.66. The van der Waals surface area contributed by atoms with Gasteiger partial charge >= 0.3 is 0 Å². The highest BCUT2D eigenvalue weighted by Gasteiger charge is 2.12. The zero-order valence-electron chi connectivity index (χ0n) is 16.2. The summed E-state index contributed by atoms with van der Waals surface area (Å²) in [7, 11) is -3.30. The molecule has 0 saturated heterocycles. The van der Waals surface area contributed by atoms with E-state index in [-0.39, 0.29) is 0 Å². The topological polar surface area (TPSA) is 142 Å². The summed E-state index contributed by atoms with van der Waals surface area (Å²) < 4.78 is 50.8. The number of furan rings is 1. The summed E-state index contributed by atoms with van der Waals surface area (Å²) in [4.78, 5) is 3.42. The summed E-state index contributed by atoms with van der Waals surface area (Å²) in [5.74, 6) is 2.30. The van der Waals surface area contributed by atoms with Gasteiger partial charge in [0, 0.05) is 5.56 Å². The highest BCUT2D eigenvalue weighted by molar-refractivity contribution is 6.33. The summed E-state index contributed by atoms with van der Waals surface area (Å²) in [6, 6.07) is 19.1. The molecule has 0 amide bonds. The van der Waals surface area contributed by atoms with Gasteiger partial charge in [0.2, 0.25) is 5.36 Å². The molecule has 0 fully saturated rings. The van der Waals surface area contributed by atoms with E-state index < -0.39 is 10.2 Å². The second-order valence-electron chi connectivity index (χ2n) is 6.18. The highest BCUT2D eigenvalue weighted by atomic mass is 35.7. The summed E-state index contributed by atoms with van der Waals surface area (Å²) >= 11 is 6.35. The Bertz CT molecular complexity index is 1210. The van der Waals surface area contributed by atoms with Crippen LogP contribution in [0.1, 0.15) is 5.76 Å². The normalized spacial score (nSPS) is 11.9. The average Bonchev–Trinajstić information content (AvgIpc) is 3.24. The molecule has 8 nitrogen and oxygen atoms in total. The summed E-state index contributed by atoms with van der Waals surface area (Å²) in [5.41, 5.74) is 1.58. The van der Waals surface area contributed by atoms with Crippen LogP contribution in [0.5, 0.6) is 5.75 Å². The number of hydrogen-bond donors (Lipinski definition) is 1. The van der Waals surface area contributed by atoms with E-state index in [0.717, 1.165) is 33.4 Å². The number of nitrogens with one attached hydrogen (secondary N) is 1. The van der Waals surface area contributed by atoms with E-state index in [1.165, 1.54) is 0 Å². The predicted molar refractivity (Wildman–Crippen MR) is 99.7 cm³/mol. The van der Waals surface area contributed by atoms with Crippen molar-refractivity contribution in [3.8, 4) is 17.1 Å². The number of fused-ring (bicyclic) bond motifs is 1. The molecule has 0 unspecified atom stereocenters. The number of rotatable bonds is 4. The fourth-order valence-corrected chi connectivity index (χ4v) is 3.06. The Kier molecular flexibility index (Phi) is 7.34. The molecule has 4 rings (SSSR count). The lowest BCUT2D eigenvalue weighted by Crippen LogP contribution is -2.74. The van der Waals surface area contributed by atoms with Gasteiger partial charge in [-0.05, 0) is 42.5 Å². The van der Waals surface area contributed by atoms with Crippen LogP contribution in [-0.4, -0.2) is 7.11 Å². The SMILES string of the molecule is COc1ccc2oc(-c3ccccc3Cl)cc(=[NH+]Cc3ccco3)c2c1.[O-][Cl+3]([O-])([O-])[O-]. The molecule has 0 aliphatic heterocycles. The number of benzene rings is 2. The van der Waals surface area contributed by atoms with Crippen LogP contribution in [0.4, 0.5) is 0 Å². The fourth-order valence-electron chi connectivity index (χ4n) is 2.83. The smallest absolute Gasteiger partial charge is 0.213 e. The Morgan fingerprint density at radius 2 is 1.74 bits per heavy atom. The maximum absolute atomic E-state index is 8.49. The van der Waals surface area contributed by atoms with Gasteiger partial charge in [0.25, 0.3) is 0 Å². The lowest BCUT2D eigenvalue weighted by atomic mass is 10.1. The molecule has 1 N–H and O–H groups in total. The predicted octanol–water partition coefficient (Wildman–Crippen LogP) is -1.22. The minimum atomic E-state index is -4.94. The van der Waals surface area contributed by atoms with Crippen LogP contribution in [0.3, 0.4) is 0 Å². The fraction of sp³-hybridized carbons (Fsp3) is 0.0952. The van der Waals surface area contributed by atoms with Gasteiger partial charge in [-0.15, -0.1) is 10.2 Å². The van der Waals surface area contributed by atoms with E-state index in [1.54, 1.807) is 13.4 Å². The quantitative estimate of drug-likeness (QED) is 0.397. The molecule has 0 spiro atoms. The summed E-state index contributed by atoms with van der Waals surface area (Å²) in [6.45, 7) is 0.561. The van der Waals surface area contributed by atoms with Gasteiger partial charge < -0.3 is 13.6 Å². The Balaban J connectivity index is 0.000000491. The minimum Gasteiger partial charge on any atom is -0.497 e. The van der Waals surface area contributed by atoms with Crippen molar-refractivity contribution in [2.24, 2.45) is 0 Å². The first kappa shape index (κ1) is 22.8. The Hall–Kier alpha value is -2.85. The molecule has 0 atom stereocenters. The van der Waals surface area contributed by atoms with E-state index in [4.69, 9.17) is 43.8 Å². The van der Waals surface area contributed by atoms with E-state index in [1.807, 2.05) is 60.7 Å². The van der Waals surface area contributed by atoms with Crippen molar-refractivity contribution in [2.75, 3.05) is 7.11 Å². The molecular weight excluding hydrogens is 449 g/mol. The molecule has 31 heavy (non-hydrogen) atoms. The number of ether oxygens (including phenoxy) is 1. The van der Waals surface area contributed by atoms with Crippen molar-refractivity contribution in [3.05, 3.63) is 83.1 Å². The Labute approximate surface area is 184 Å². The van der Waals surface area contributed by atoms with Crippen LogP contribution in [0.25, 0.3) is 22.3 Å². The van der Waals surface area contributed by atoms with Gasteiger partial charge in [0.1, 0.15) is 17.1 Å². The molecule has 162 valence electrons. The molecular formula is C21H17Cl2NO7. The average molecular weight is 466 g/mol. The third-order valence-corrected chi connectivity index (χ3v) is 4.47. The largest absolute Gasteiger partial charge is 0.497 e. The zero-order chi connectivity index (χ0) is 22.4. The van der Waals surface area contributed by atoms with Crippen molar-refractivity contribution >= 4 is 22.6 Å². The maximum Gasteiger partial charge on any atom is 0.213 e. The standard InChI is InChI=1S/C21H16ClNO3.ClHO4/c1-24-14-8-9-20-17(11-14)19(23-13-15-5-4-10-25-15)12-21(26-20)16-6-2-3-7-18(16)22;2-1(3,4)5/h2-12H,13H2,1H3;(H,2,3,4,5). The van der Waals surface area contributed by atoms with Crippen LogP contribution < -0.4 is 33.7 Å². The second kappa shape index (κ2) is 9.97. The first-order chi connectivity index (χ1) is 14.7. The highest BCUT2D eigenvalue weighted by Crippen LogP contribution is 2.29. The van der Waals surface area contributed by atoms with Crippen molar-refractivity contribution in [1.29, 1.82) is 0 Å². The molecule has 0 radical (unpaired) electrons. The van der Waals surface area contributed by atoms with Crippen molar-refractivity contribution in [1.82, 2.24) is 0 Å². The number of methoxy groups -OCH3 is 1. The Morgan fingerprint density at radius 3 is 2.39 bits per heavy atom. The lowest BCUT2D eigenvalue weighted by molar-refractivity contribution is -2.00. The third kappa shape index (κ3) is 6.56. The summed E-state index contributed by atoms with van der Waals surface area (Å²) in [5, 5.41) is 2.48. The van der Waals surface area contributed by atoms with Crippen molar-refractivity contribution in [2.45, 2.75) is 6.54 Å². The Morgan fingerprint density at radius 1 is 1.00 bits per heavy atom. The van der Waals surface area contributed by atoms with E-state index >= 15 is 0 Å². The molecule has 0 aliphatic carbocycles. The number of hydrogen-bond acceptors (Lipinski definition) is 7. The van der Waals surface area contributed by atoms with Crippen LogP contribution in [0, 0.1) is 10.2 Å². The van der Waals surface area contributed by atoms with Gasteiger partial charge in [-0.2, -0.15) is 0 Å². The molecule has 10 heteroatoms. The molecule has 4 aromatic rings. The van der Waals surface area contributed by atoms with Gasteiger partial charge in [0.15, 0.2) is 12.3 Å². The van der Waals surface area contributed by atoms with Crippen LogP contribution >= 0.6 is 11.6 Å². The molecule has 0 aliphatic rings.